The van der Waals surface area contributed by atoms with Crippen LogP contribution >= 0.6 is 23.4 Å². The Kier molecular flexibility index (Phi) is 9.64. The van der Waals surface area contributed by atoms with Crippen LogP contribution < -0.4 is 14.8 Å². The van der Waals surface area contributed by atoms with E-state index >= 15 is 0 Å². The van der Waals surface area contributed by atoms with Gasteiger partial charge >= 0.3 is 0 Å². The summed E-state index contributed by atoms with van der Waals surface area (Å²) in [7, 11) is 3.17. The Hall–Kier alpha value is -1.89. The standard InChI is InChI=1S/C22H28ClNO4S/c1-15(2)28-19-10-5-16(13-20(19)26-3)11-12-24-22(25)21(27-4)14-29-18-8-6-17(23)7-9-18/h5-10,13,15,21H,11-12,14H2,1-4H3,(H,24,25)/t21-/m0/s1. The van der Waals surface area contributed by atoms with Crippen molar-refractivity contribution in [1.29, 1.82) is 0 Å². The molecule has 29 heavy (non-hydrogen) atoms. The summed E-state index contributed by atoms with van der Waals surface area (Å²) in [5, 5.41) is 3.63. The van der Waals surface area contributed by atoms with Gasteiger partial charge in [-0.2, -0.15) is 0 Å². The fraction of sp³-hybridized carbons (Fsp3) is 0.409. The first kappa shape index (κ1) is 23.4. The summed E-state index contributed by atoms with van der Waals surface area (Å²) in [6.07, 6.45) is 0.239. The number of methoxy groups -OCH3 is 2. The lowest BCUT2D eigenvalue weighted by Crippen LogP contribution is -2.38. The van der Waals surface area contributed by atoms with Crippen LogP contribution in [0, 0.1) is 0 Å². The van der Waals surface area contributed by atoms with Gasteiger partial charge in [0, 0.05) is 29.3 Å². The zero-order valence-corrected chi connectivity index (χ0v) is 18.8. The Balaban J connectivity index is 1.83. The van der Waals surface area contributed by atoms with E-state index in [0.717, 1.165) is 10.5 Å². The molecule has 0 aliphatic heterocycles. The molecular formula is C22H28ClNO4S. The van der Waals surface area contributed by atoms with E-state index in [1.165, 1.54) is 0 Å². The predicted octanol–water partition coefficient (Wildman–Crippen LogP) is 4.60. The summed E-state index contributed by atoms with van der Waals surface area (Å²) in [6.45, 7) is 4.46. The second-order valence-corrected chi connectivity index (χ2v) is 8.21. The lowest BCUT2D eigenvalue weighted by atomic mass is 10.1. The SMILES string of the molecule is COc1cc(CCNC(=O)[C@H](CSc2ccc(Cl)cc2)OC)ccc1OC(C)C. The number of carbonyl (C=O) groups is 1. The van der Waals surface area contributed by atoms with Crippen molar-refractivity contribution in [2.24, 2.45) is 0 Å². The van der Waals surface area contributed by atoms with Gasteiger partial charge in [0.15, 0.2) is 11.5 Å². The Morgan fingerprint density at radius 3 is 2.45 bits per heavy atom. The third kappa shape index (κ3) is 7.80. The largest absolute Gasteiger partial charge is 0.493 e. The van der Waals surface area contributed by atoms with E-state index in [1.807, 2.05) is 56.3 Å². The lowest BCUT2D eigenvalue weighted by molar-refractivity contribution is -0.129. The molecule has 0 aliphatic rings. The number of hydrogen-bond acceptors (Lipinski definition) is 5. The molecule has 2 aromatic rings. The van der Waals surface area contributed by atoms with Gasteiger partial charge in [-0.15, -0.1) is 11.8 Å². The van der Waals surface area contributed by atoms with Crippen LogP contribution in [0.3, 0.4) is 0 Å². The maximum Gasteiger partial charge on any atom is 0.250 e. The van der Waals surface area contributed by atoms with E-state index < -0.39 is 6.10 Å². The topological polar surface area (TPSA) is 56.8 Å². The summed E-state index contributed by atoms with van der Waals surface area (Å²) >= 11 is 7.45. The minimum absolute atomic E-state index is 0.0748. The van der Waals surface area contributed by atoms with E-state index in [2.05, 4.69) is 5.32 Å². The van der Waals surface area contributed by atoms with Gasteiger partial charge in [-0.05, 0) is 62.2 Å². The molecule has 158 valence electrons. The molecule has 0 fully saturated rings. The molecule has 0 bridgehead atoms. The third-order valence-electron chi connectivity index (χ3n) is 4.10. The van der Waals surface area contributed by atoms with Crippen molar-refractivity contribution in [3.8, 4) is 11.5 Å². The first-order chi connectivity index (χ1) is 13.9. The highest BCUT2D eigenvalue weighted by Crippen LogP contribution is 2.29. The van der Waals surface area contributed by atoms with Crippen molar-refractivity contribution in [2.75, 3.05) is 26.5 Å². The molecule has 0 radical (unpaired) electrons. The molecule has 0 saturated heterocycles. The van der Waals surface area contributed by atoms with E-state index in [0.29, 0.717) is 35.2 Å². The Morgan fingerprint density at radius 2 is 1.83 bits per heavy atom. The zero-order chi connectivity index (χ0) is 21.2. The second-order valence-electron chi connectivity index (χ2n) is 6.68. The highest BCUT2D eigenvalue weighted by atomic mass is 35.5. The van der Waals surface area contributed by atoms with Crippen molar-refractivity contribution in [2.45, 2.75) is 37.4 Å². The number of nitrogens with one attached hydrogen (secondary N) is 1. The summed E-state index contributed by atoms with van der Waals surface area (Å²) in [6, 6.07) is 13.3. The van der Waals surface area contributed by atoms with Crippen LogP contribution in [0.25, 0.3) is 0 Å². The molecule has 7 heteroatoms. The number of benzene rings is 2. The van der Waals surface area contributed by atoms with Crippen LogP contribution in [-0.4, -0.2) is 44.6 Å². The quantitative estimate of drug-likeness (QED) is 0.520. The molecule has 2 aromatic carbocycles. The molecule has 0 spiro atoms. The first-order valence-corrected chi connectivity index (χ1v) is 10.8. The number of halogens is 1. The predicted molar refractivity (Wildman–Crippen MR) is 118 cm³/mol. The van der Waals surface area contributed by atoms with Crippen molar-refractivity contribution in [1.82, 2.24) is 5.32 Å². The van der Waals surface area contributed by atoms with Crippen LogP contribution in [0.4, 0.5) is 0 Å². The van der Waals surface area contributed by atoms with Gasteiger partial charge in [0.2, 0.25) is 5.91 Å². The third-order valence-corrected chi connectivity index (χ3v) is 5.42. The van der Waals surface area contributed by atoms with Gasteiger partial charge in [0.25, 0.3) is 0 Å². The molecule has 0 aromatic heterocycles. The van der Waals surface area contributed by atoms with Crippen LogP contribution in [0.5, 0.6) is 11.5 Å². The minimum Gasteiger partial charge on any atom is -0.493 e. The van der Waals surface area contributed by atoms with Gasteiger partial charge in [0.1, 0.15) is 6.10 Å². The summed E-state index contributed by atoms with van der Waals surface area (Å²) in [5.74, 6) is 1.81. The van der Waals surface area contributed by atoms with E-state index in [4.69, 9.17) is 25.8 Å². The van der Waals surface area contributed by atoms with Crippen molar-refractivity contribution < 1.29 is 19.0 Å². The minimum atomic E-state index is -0.521. The normalized spacial score (nSPS) is 11.9. The second kappa shape index (κ2) is 12.0. The van der Waals surface area contributed by atoms with E-state index in [9.17, 15) is 4.79 Å². The molecule has 2 rings (SSSR count). The smallest absolute Gasteiger partial charge is 0.250 e. The molecule has 0 unspecified atom stereocenters. The van der Waals surface area contributed by atoms with E-state index in [-0.39, 0.29) is 12.0 Å². The molecule has 5 nitrogen and oxygen atoms in total. The van der Waals surface area contributed by atoms with Gasteiger partial charge < -0.3 is 19.5 Å². The fourth-order valence-corrected chi connectivity index (χ4v) is 3.70. The number of hydrogen-bond donors (Lipinski definition) is 1. The Labute approximate surface area is 182 Å². The lowest BCUT2D eigenvalue weighted by Gasteiger charge is -2.16. The summed E-state index contributed by atoms with van der Waals surface area (Å²) < 4.78 is 16.5. The van der Waals surface area contributed by atoms with Crippen LogP contribution in [-0.2, 0) is 16.0 Å². The fourth-order valence-electron chi connectivity index (χ4n) is 2.62. The molecule has 1 amide bonds. The number of thioether (sulfide) groups is 1. The van der Waals surface area contributed by atoms with Gasteiger partial charge in [0.05, 0.1) is 13.2 Å². The van der Waals surface area contributed by atoms with Crippen molar-refractivity contribution in [3.05, 3.63) is 53.1 Å². The highest BCUT2D eigenvalue weighted by Gasteiger charge is 2.18. The number of ether oxygens (including phenoxy) is 3. The van der Waals surface area contributed by atoms with Gasteiger partial charge in [-0.3, -0.25) is 4.79 Å². The molecular weight excluding hydrogens is 410 g/mol. The molecule has 1 N–H and O–H groups in total. The summed E-state index contributed by atoms with van der Waals surface area (Å²) in [5.41, 5.74) is 1.06. The van der Waals surface area contributed by atoms with Crippen molar-refractivity contribution >= 4 is 29.3 Å². The monoisotopic (exact) mass is 437 g/mol. The van der Waals surface area contributed by atoms with Gasteiger partial charge in [-0.25, -0.2) is 0 Å². The zero-order valence-electron chi connectivity index (χ0n) is 17.2. The van der Waals surface area contributed by atoms with Crippen LogP contribution in [0.2, 0.25) is 5.02 Å². The van der Waals surface area contributed by atoms with Crippen LogP contribution in [0.1, 0.15) is 19.4 Å². The Morgan fingerprint density at radius 1 is 1.10 bits per heavy atom. The maximum atomic E-state index is 12.4. The van der Waals surface area contributed by atoms with Crippen LogP contribution in [0.15, 0.2) is 47.4 Å². The number of amides is 1. The van der Waals surface area contributed by atoms with Gasteiger partial charge in [-0.1, -0.05) is 17.7 Å². The Bertz CT molecular complexity index is 783. The highest BCUT2D eigenvalue weighted by molar-refractivity contribution is 7.99. The molecule has 1 atom stereocenters. The molecule has 0 aliphatic carbocycles. The number of rotatable bonds is 11. The van der Waals surface area contributed by atoms with Crippen molar-refractivity contribution in [3.63, 3.8) is 0 Å². The molecule has 0 heterocycles. The maximum absolute atomic E-state index is 12.4. The number of carbonyl (C=O) groups excluding carboxylic acids is 1. The average Bonchev–Trinajstić information content (AvgIpc) is 2.70. The van der Waals surface area contributed by atoms with E-state index in [1.54, 1.807) is 26.0 Å². The molecule has 0 saturated carbocycles. The summed E-state index contributed by atoms with van der Waals surface area (Å²) in [4.78, 5) is 13.5. The first-order valence-electron chi connectivity index (χ1n) is 9.45. The average molecular weight is 438 g/mol.